The maximum Gasteiger partial charge on any atom is 0.119 e. The number of hydrogen-bond acceptors (Lipinski definition) is 3. The van der Waals surface area contributed by atoms with E-state index in [4.69, 9.17) is 14.7 Å². The summed E-state index contributed by atoms with van der Waals surface area (Å²) in [4.78, 5) is 18.5. The minimum atomic E-state index is 0.473. The highest BCUT2D eigenvalue weighted by Gasteiger charge is 2.23. The fourth-order valence-electron chi connectivity index (χ4n) is 7.41. The van der Waals surface area contributed by atoms with Gasteiger partial charge in [-0.15, -0.1) is 0 Å². The molecule has 2 aliphatic rings. The van der Waals surface area contributed by atoms with Gasteiger partial charge in [0.05, 0.1) is 28.3 Å². The second kappa shape index (κ2) is 15.1. The SMILES string of the molecule is C=CCOc1ccc(-c2c3nc(cc4nc(cc5[nH]c(cc6[nH]c2c(C)c6C)c(C)c5CCCCC)C(CCCCC)=C4C)C(C)=C3C)cc1. The minimum absolute atomic E-state index is 0.473. The van der Waals surface area contributed by atoms with Gasteiger partial charge in [-0.3, -0.25) is 0 Å². The lowest BCUT2D eigenvalue weighted by Crippen LogP contribution is -1.93. The monoisotopic (exact) mass is 666 g/mol. The topological polar surface area (TPSA) is 66.6 Å². The normalized spacial score (nSPS) is 13.0. The van der Waals surface area contributed by atoms with Crippen LogP contribution in [-0.4, -0.2) is 26.5 Å². The van der Waals surface area contributed by atoms with Gasteiger partial charge in [0.1, 0.15) is 12.4 Å². The Morgan fingerprint density at radius 3 is 2.04 bits per heavy atom. The number of hydrogen-bond donors (Lipinski definition) is 2. The summed E-state index contributed by atoms with van der Waals surface area (Å²) in [6.07, 6.45) is 11.0. The summed E-state index contributed by atoms with van der Waals surface area (Å²) >= 11 is 0. The third-order valence-corrected chi connectivity index (χ3v) is 10.9. The molecule has 0 saturated heterocycles. The lowest BCUT2D eigenvalue weighted by Gasteiger charge is -2.09. The molecule has 50 heavy (non-hydrogen) atoms. The zero-order valence-corrected chi connectivity index (χ0v) is 31.5. The smallest absolute Gasteiger partial charge is 0.119 e. The van der Waals surface area contributed by atoms with Crippen LogP contribution in [0.15, 0.2) is 55.1 Å². The molecule has 2 N–H and O–H groups in total. The van der Waals surface area contributed by atoms with Crippen LogP contribution in [0.4, 0.5) is 0 Å². The molecule has 260 valence electrons. The fourth-order valence-corrected chi connectivity index (χ4v) is 7.41. The summed E-state index contributed by atoms with van der Waals surface area (Å²) in [6.45, 7) is 22.2. The summed E-state index contributed by atoms with van der Waals surface area (Å²) < 4.78 is 5.86. The van der Waals surface area contributed by atoms with Crippen molar-refractivity contribution >= 4 is 44.4 Å². The summed E-state index contributed by atoms with van der Waals surface area (Å²) in [7, 11) is 0. The van der Waals surface area contributed by atoms with Crippen molar-refractivity contribution in [2.45, 2.75) is 107 Å². The summed E-state index contributed by atoms with van der Waals surface area (Å²) in [5.41, 5.74) is 21.0. The molecule has 5 heterocycles. The van der Waals surface area contributed by atoms with Crippen LogP contribution in [0.5, 0.6) is 5.75 Å². The highest BCUT2D eigenvalue weighted by atomic mass is 16.5. The molecule has 4 aromatic rings. The van der Waals surface area contributed by atoms with Gasteiger partial charge in [0.15, 0.2) is 0 Å². The first-order valence-corrected chi connectivity index (χ1v) is 18.6. The molecule has 5 nitrogen and oxygen atoms in total. The number of ether oxygens (including phenoxy) is 1. The van der Waals surface area contributed by atoms with Gasteiger partial charge in [-0.05, 0) is 148 Å². The predicted molar refractivity (Wildman–Crippen MR) is 214 cm³/mol. The van der Waals surface area contributed by atoms with Gasteiger partial charge in [-0.25, -0.2) is 9.97 Å². The second-order valence-electron chi connectivity index (χ2n) is 14.1. The summed E-state index contributed by atoms with van der Waals surface area (Å²) in [6, 6.07) is 15.2. The van der Waals surface area contributed by atoms with Crippen LogP contribution in [0, 0.1) is 20.8 Å². The minimum Gasteiger partial charge on any atom is -0.490 e. The van der Waals surface area contributed by atoms with Crippen molar-refractivity contribution in [2.75, 3.05) is 6.61 Å². The van der Waals surface area contributed by atoms with Crippen molar-refractivity contribution in [1.82, 2.24) is 19.9 Å². The van der Waals surface area contributed by atoms with Gasteiger partial charge >= 0.3 is 0 Å². The van der Waals surface area contributed by atoms with Gasteiger partial charge in [0, 0.05) is 22.1 Å². The molecule has 5 heteroatoms. The summed E-state index contributed by atoms with van der Waals surface area (Å²) in [5, 5.41) is 0. The Hall–Kier alpha value is -4.64. The number of rotatable bonds is 12. The number of allylic oxidation sites excluding steroid dienone is 4. The van der Waals surface area contributed by atoms with Crippen molar-refractivity contribution in [3.8, 4) is 16.9 Å². The van der Waals surface area contributed by atoms with Crippen molar-refractivity contribution in [2.24, 2.45) is 0 Å². The standard InChI is InChI=1S/C45H54N4O/c1-10-13-15-17-35-31(8)39-24-37-27(4)29(6)44(48-37)43(33-19-21-34(22-20-33)50-23-12-3)45-30(7)28(5)38(49-45)25-40-32(9)36(18-16-14-11-2)42(47-40)26-41(35)46-39/h12,19-22,24-26,46,48H,3,10-11,13-18,23H2,1-2,4-9H3. The van der Waals surface area contributed by atoms with Crippen LogP contribution >= 0.6 is 0 Å². The molecular weight excluding hydrogens is 613 g/mol. The molecule has 2 aliphatic heterocycles. The van der Waals surface area contributed by atoms with E-state index in [9.17, 15) is 0 Å². The summed E-state index contributed by atoms with van der Waals surface area (Å²) in [5.74, 6) is 0.820. The Morgan fingerprint density at radius 2 is 1.34 bits per heavy atom. The van der Waals surface area contributed by atoms with Crippen LogP contribution < -0.4 is 4.74 Å². The molecule has 0 saturated carbocycles. The molecular formula is C45H54N4O. The number of unbranched alkanes of at least 4 members (excludes halogenated alkanes) is 4. The molecule has 1 aromatic carbocycles. The van der Waals surface area contributed by atoms with Crippen molar-refractivity contribution in [3.63, 3.8) is 0 Å². The Bertz CT molecular complexity index is 2150. The van der Waals surface area contributed by atoms with E-state index >= 15 is 0 Å². The molecule has 0 radical (unpaired) electrons. The van der Waals surface area contributed by atoms with Crippen molar-refractivity contribution in [3.05, 3.63) is 100 Å². The second-order valence-corrected chi connectivity index (χ2v) is 14.1. The number of H-pyrrole nitrogens is 2. The molecule has 0 unspecified atom stereocenters. The molecule has 8 bridgehead atoms. The third-order valence-electron chi connectivity index (χ3n) is 10.9. The maximum absolute atomic E-state index is 5.86. The van der Waals surface area contributed by atoms with Gasteiger partial charge in [0.25, 0.3) is 0 Å². The first-order valence-electron chi connectivity index (χ1n) is 18.6. The predicted octanol–water partition coefficient (Wildman–Crippen LogP) is 12.7. The van der Waals surface area contributed by atoms with Gasteiger partial charge < -0.3 is 14.7 Å². The van der Waals surface area contributed by atoms with Crippen LogP contribution in [0.2, 0.25) is 0 Å². The maximum atomic E-state index is 5.86. The van der Waals surface area contributed by atoms with E-state index in [1.807, 2.05) is 12.1 Å². The van der Waals surface area contributed by atoms with E-state index < -0.39 is 0 Å². The number of nitrogens with zero attached hydrogens (tertiary/aromatic N) is 2. The molecule has 0 atom stereocenters. The Kier molecular flexibility index (Phi) is 10.6. The van der Waals surface area contributed by atoms with Crippen molar-refractivity contribution in [1.29, 1.82) is 0 Å². The third kappa shape index (κ3) is 6.75. The average molecular weight is 667 g/mol. The molecule has 6 rings (SSSR count). The highest BCUT2D eigenvalue weighted by Crippen LogP contribution is 2.41. The number of aromatic nitrogens is 4. The van der Waals surface area contributed by atoms with E-state index in [-0.39, 0.29) is 0 Å². The van der Waals surface area contributed by atoms with Gasteiger partial charge in [-0.1, -0.05) is 64.3 Å². The van der Waals surface area contributed by atoms with E-state index in [1.165, 1.54) is 82.2 Å². The first kappa shape index (κ1) is 35.2. The van der Waals surface area contributed by atoms with E-state index in [1.54, 1.807) is 6.08 Å². The Morgan fingerprint density at radius 1 is 0.660 bits per heavy atom. The zero-order valence-electron chi connectivity index (χ0n) is 31.5. The number of nitrogens with one attached hydrogen (secondary N) is 2. The highest BCUT2D eigenvalue weighted by molar-refractivity contribution is 6.01. The quantitative estimate of drug-likeness (QED) is 0.117. The largest absolute Gasteiger partial charge is 0.490 e. The number of fused-ring (bicyclic) bond motifs is 8. The molecule has 0 amide bonds. The number of aryl methyl sites for hydroxylation is 4. The van der Waals surface area contributed by atoms with Crippen molar-refractivity contribution < 1.29 is 4.74 Å². The van der Waals surface area contributed by atoms with Crippen LogP contribution in [0.1, 0.15) is 125 Å². The van der Waals surface area contributed by atoms with Gasteiger partial charge in [0.2, 0.25) is 0 Å². The van der Waals surface area contributed by atoms with Crippen LogP contribution in [-0.2, 0) is 6.42 Å². The molecule has 0 aliphatic carbocycles. The lowest BCUT2D eigenvalue weighted by molar-refractivity contribution is 0.363. The number of aromatic amines is 2. The first-order chi connectivity index (χ1) is 24.2. The Balaban J connectivity index is 1.73. The Labute approximate surface area is 298 Å². The van der Waals surface area contributed by atoms with E-state index in [0.29, 0.717) is 6.61 Å². The molecule has 3 aromatic heterocycles. The van der Waals surface area contributed by atoms with Crippen LogP contribution in [0.25, 0.3) is 55.5 Å². The van der Waals surface area contributed by atoms with Crippen LogP contribution in [0.3, 0.4) is 0 Å². The zero-order chi connectivity index (χ0) is 35.5. The average Bonchev–Trinajstić information content (AvgIpc) is 3.76. The van der Waals surface area contributed by atoms with E-state index in [0.717, 1.165) is 75.5 Å². The van der Waals surface area contributed by atoms with Gasteiger partial charge in [-0.2, -0.15) is 0 Å². The molecule has 0 fully saturated rings. The number of benzene rings is 1. The molecule has 0 spiro atoms. The fraction of sp³-hybridized carbons (Fsp3) is 0.378. The van der Waals surface area contributed by atoms with E-state index in [2.05, 4.69) is 102 Å². The lowest BCUT2D eigenvalue weighted by atomic mass is 9.97.